The van der Waals surface area contributed by atoms with Crippen LogP contribution in [0.4, 0.5) is 13.2 Å². The van der Waals surface area contributed by atoms with Crippen LogP contribution in [0.3, 0.4) is 0 Å². The number of amides is 1. The molecule has 1 heterocycles. The SMILES string of the molecule is Cc1cc(=O)c(C(=O)N(CCN)CC(F)(F)F)c[nH]1. The van der Waals surface area contributed by atoms with Gasteiger partial charge in [0.15, 0.2) is 5.43 Å². The molecule has 0 aliphatic carbocycles. The van der Waals surface area contributed by atoms with Crippen LogP contribution in [0.15, 0.2) is 17.1 Å². The molecule has 0 bridgehead atoms. The molecule has 1 aromatic rings. The summed E-state index contributed by atoms with van der Waals surface area (Å²) in [6.45, 7) is -0.226. The molecule has 1 rings (SSSR count). The second kappa shape index (κ2) is 5.87. The maximum atomic E-state index is 12.3. The predicted octanol–water partition coefficient (Wildman–Crippen LogP) is 0.647. The summed E-state index contributed by atoms with van der Waals surface area (Å²) < 4.78 is 37.0. The lowest BCUT2D eigenvalue weighted by atomic mass is 10.2. The summed E-state index contributed by atoms with van der Waals surface area (Å²) in [5, 5.41) is 0. The Balaban J connectivity index is 3.02. The third kappa shape index (κ3) is 4.40. The zero-order chi connectivity index (χ0) is 14.6. The minimum Gasteiger partial charge on any atom is -0.364 e. The standard InChI is InChI=1S/C11H14F3N3O2/c1-7-4-9(18)8(5-16-7)10(19)17(3-2-15)6-11(12,13)14/h4-5H,2-3,6,15H2,1H3,(H,16,18). The number of aromatic nitrogens is 1. The Morgan fingerprint density at radius 2 is 2.11 bits per heavy atom. The van der Waals surface area contributed by atoms with Gasteiger partial charge in [0.1, 0.15) is 12.1 Å². The Morgan fingerprint density at radius 1 is 1.47 bits per heavy atom. The lowest BCUT2D eigenvalue weighted by Crippen LogP contribution is -2.43. The maximum Gasteiger partial charge on any atom is 0.406 e. The highest BCUT2D eigenvalue weighted by Crippen LogP contribution is 2.17. The molecule has 106 valence electrons. The number of hydrogen-bond acceptors (Lipinski definition) is 3. The summed E-state index contributed by atoms with van der Waals surface area (Å²) in [5.41, 5.74) is 4.75. The molecule has 0 aliphatic rings. The molecule has 1 aromatic heterocycles. The van der Waals surface area contributed by atoms with Crippen LogP contribution in [0, 0.1) is 6.92 Å². The molecule has 0 saturated heterocycles. The third-order valence-electron chi connectivity index (χ3n) is 2.34. The van der Waals surface area contributed by atoms with E-state index in [1.54, 1.807) is 6.92 Å². The van der Waals surface area contributed by atoms with E-state index in [0.717, 1.165) is 12.3 Å². The summed E-state index contributed by atoms with van der Waals surface area (Å²) in [4.78, 5) is 26.6. The van der Waals surface area contributed by atoms with Crippen LogP contribution in [0.25, 0.3) is 0 Å². The fraction of sp³-hybridized carbons (Fsp3) is 0.455. The molecule has 0 aromatic carbocycles. The van der Waals surface area contributed by atoms with Crippen LogP contribution in [-0.4, -0.2) is 41.6 Å². The lowest BCUT2D eigenvalue weighted by Gasteiger charge is -2.23. The van der Waals surface area contributed by atoms with Crippen LogP contribution in [0.2, 0.25) is 0 Å². The number of halogens is 3. The van der Waals surface area contributed by atoms with Crippen molar-refractivity contribution in [3.05, 3.63) is 33.7 Å². The van der Waals surface area contributed by atoms with Crippen molar-refractivity contribution in [3.63, 3.8) is 0 Å². The maximum absolute atomic E-state index is 12.3. The van der Waals surface area contributed by atoms with Gasteiger partial charge in [0, 0.05) is 31.0 Å². The van der Waals surface area contributed by atoms with Crippen molar-refractivity contribution in [1.82, 2.24) is 9.88 Å². The van der Waals surface area contributed by atoms with Gasteiger partial charge in [0.2, 0.25) is 0 Å². The molecular formula is C11H14F3N3O2. The number of nitrogens with two attached hydrogens (primary N) is 1. The van der Waals surface area contributed by atoms with Gasteiger partial charge in [0.25, 0.3) is 5.91 Å². The van der Waals surface area contributed by atoms with Crippen LogP contribution in [0.1, 0.15) is 16.1 Å². The Morgan fingerprint density at radius 3 is 2.58 bits per heavy atom. The smallest absolute Gasteiger partial charge is 0.364 e. The number of carbonyl (C=O) groups is 1. The summed E-state index contributed by atoms with van der Waals surface area (Å²) in [6, 6.07) is 1.15. The van der Waals surface area contributed by atoms with Crippen LogP contribution < -0.4 is 11.2 Å². The molecule has 8 heteroatoms. The number of alkyl halides is 3. The molecule has 0 radical (unpaired) electrons. The minimum absolute atomic E-state index is 0.119. The molecule has 0 atom stereocenters. The minimum atomic E-state index is -4.54. The van der Waals surface area contributed by atoms with Crippen LogP contribution in [-0.2, 0) is 0 Å². The number of aromatic amines is 1. The second-order valence-electron chi connectivity index (χ2n) is 4.02. The first-order chi connectivity index (χ1) is 8.74. The highest BCUT2D eigenvalue weighted by Gasteiger charge is 2.33. The largest absolute Gasteiger partial charge is 0.406 e. The third-order valence-corrected chi connectivity index (χ3v) is 2.34. The van der Waals surface area contributed by atoms with Crippen molar-refractivity contribution in [2.75, 3.05) is 19.6 Å². The monoisotopic (exact) mass is 277 g/mol. The Kier molecular flexibility index (Phi) is 4.71. The van der Waals surface area contributed by atoms with E-state index < -0.39 is 24.1 Å². The number of hydrogen-bond donors (Lipinski definition) is 2. The first kappa shape index (κ1) is 15.2. The second-order valence-corrected chi connectivity index (χ2v) is 4.02. The number of rotatable bonds is 4. The predicted molar refractivity (Wildman–Crippen MR) is 62.8 cm³/mol. The Bertz CT molecular complexity index is 511. The highest BCUT2D eigenvalue weighted by atomic mass is 19.4. The topological polar surface area (TPSA) is 79.2 Å². The fourth-order valence-electron chi connectivity index (χ4n) is 1.54. The van der Waals surface area contributed by atoms with Gasteiger partial charge < -0.3 is 15.6 Å². The zero-order valence-electron chi connectivity index (χ0n) is 10.3. The van der Waals surface area contributed by atoms with Crippen molar-refractivity contribution in [1.29, 1.82) is 0 Å². The van der Waals surface area contributed by atoms with E-state index in [4.69, 9.17) is 5.73 Å². The molecule has 3 N–H and O–H groups in total. The number of aryl methyl sites for hydroxylation is 1. The van der Waals surface area contributed by atoms with Crippen molar-refractivity contribution < 1.29 is 18.0 Å². The molecule has 0 aliphatic heterocycles. The van der Waals surface area contributed by atoms with Crippen molar-refractivity contribution in [2.24, 2.45) is 5.73 Å². The zero-order valence-corrected chi connectivity index (χ0v) is 10.3. The van der Waals surface area contributed by atoms with Crippen molar-refractivity contribution in [3.8, 4) is 0 Å². The Labute approximate surface area is 107 Å². The molecule has 0 spiro atoms. The quantitative estimate of drug-likeness (QED) is 0.848. The van der Waals surface area contributed by atoms with Gasteiger partial charge in [-0.15, -0.1) is 0 Å². The van der Waals surface area contributed by atoms with Crippen LogP contribution in [0.5, 0.6) is 0 Å². The van der Waals surface area contributed by atoms with E-state index in [1.807, 2.05) is 0 Å². The average molecular weight is 277 g/mol. The van der Waals surface area contributed by atoms with Gasteiger partial charge >= 0.3 is 6.18 Å². The van der Waals surface area contributed by atoms with Gasteiger partial charge in [-0.1, -0.05) is 0 Å². The average Bonchev–Trinajstić information content (AvgIpc) is 2.26. The summed E-state index contributed by atoms with van der Waals surface area (Å²) in [7, 11) is 0. The number of carbonyl (C=O) groups excluding carboxylic acids is 1. The van der Waals surface area contributed by atoms with Gasteiger partial charge in [-0.05, 0) is 6.92 Å². The molecule has 19 heavy (non-hydrogen) atoms. The number of nitrogens with zero attached hydrogens (tertiary/aromatic N) is 1. The van der Waals surface area contributed by atoms with E-state index in [0.29, 0.717) is 10.6 Å². The fourth-order valence-corrected chi connectivity index (χ4v) is 1.54. The van der Waals surface area contributed by atoms with Gasteiger partial charge in [-0.2, -0.15) is 13.2 Å². The van der Waals surface area contributed by atoms with Crippen molar-refractivity contribution in [2.45, 2.75) is 13.1 Å². The molecular weight excluding hydrogens is 263 g/mol. The molecule has 0 saturated carbocycles. The van der Waals surface area contributed by atoms with Crippen LogP contribution >= 0.6 is 0 Å². The highest BCUT2D eigenvalue weighted by molar-refractivity contribution is 5.93. The number of H-pyrrole nitrogens is 1. The Hall–Kier alpha value is -1.83. The molecule has 1 amide bonds. The van der Waals surface area contributed by atoms with E-state index in [2.05, 4.69) is 4.98 Å². The number of nitrogens with one attached hydrogen (secondary N) is 1. The first-order valence-corrected chi connectivity index (χ1v) is 5.50. The van der Waals surface area contributed by atoms with Gasteiger partial charge in [-0.25, -0.2) is 0 Å². The normalized spacial score (nSPS) is 11.4. The van der Waals surface area contributed by atoms with Crippen molar-refractivity contribution >= 4 is 5.91 Å². The van der Waals surface area contributed by atoms with E-state index in [1.165, 1.54) is 0 Å². The van der Waals surface area contributed by atoms with E-state index in [-0.39, 0.29) is 18.7 Å². The first-order valence-electron chi connectivity index (χ1n) is 5.50. The lowest BCUT2D eigenvalue weighted by molar-refractivity contribution is -0.140. The van der Waals surface area contributed by atoms with E-state index >= 15 is 0 Å². The molecule has 5 nitrogen and oxygen atoms in total. The number of pyridine rings is 1. The van der Waals surface area contributed by atoms with Gasteiger partial charge in [0.05, 0.1) is 0 Å². The summed E-state index contributed by atoms with van der Waals surface area (Å²) in [6.07, 6.45) is -3.43. The summed E-state index contributed by atoms with van der Waals surface area (Å²) >= 11 is 0. The van der Waals surface area contributed by atoms with Gasteiger partial charge in [-0.3, -0.25) is 9.59 Å². The molecule has 0 unspecified atom stereocenters. The molecule has 0 fully saturated rings. The summed E-state index contributed by atoms with van der Waals surface area (Å²) in [5.74, 6) is -0.982. The van der Waals surface area contributed by atoms with E-state index in [9.17, 15) is 22.8 Å².